The molecule has 0 aliphatic carbocycles. The van der Waals surface area contributed by atoms with Crippen molar-refractivity contribution in [3.05, 3.63) is 70.6 Å². The lowest BCUT2D eigenvalue weighted by Gasteiger charge is -2.09. The highest BCUT2D eigenvalue weighted by Crippen LogP contribution is 2.23. The van der Waals surface area contributed by atoms with E-state index in [1.165, 1.54) is 12.1 Å². The molecular formula is C17H14BrFN4. The topological polar surface area (TPSA) is 49.8 Å². The summed E-state index contributed by atoms with van der Waals surface area (Å²) in [5.41, 5.74) is 2.66. The highest BCUT2D eigenvalue weighted by atomic mass is 79.9. The van der Waals surface area contributed by atoms with Crippen molar-refractivity contribution in [2.24, 2.45) is 0 Å². The second-order valence-electron chi connectivity index (χ2n) is 4.99. The molecule has 0 radical (unpaired) electrons. The summed E-state index contributed by atoms with van der Waals surface area (Å²) in [4.78, 5) is 8.52. The van der Waals surface area contributed by atoms with Gasteiger partial charge in [0.2, 0.25) is 5.95 Å². The maximum absolute atomic E-state index is 13.2. The SMILES string of the molecule is Cc1cc(Nc2ccnc(Nc3cccc(F)c3)n2)ccc1Br. The first-order valence-corrected chi connectivity index (χ1v) is 7.78. The van der Waals surface area contributed by atoms with Crippen LogP contribution in [0.15, 0.2) is 59.2 Å². The van der Waals surface area contributed by atoms with Crippen molar-refractivity contribution >= 4 is 39.1 Å². The minimum atomic E-state index is -0.311. The van der Waals surface area contributed by atoms with Crippen molar-refractivity contribution in [1.29, 1.82) is 0 Å². The van der Waals surface area contributed by atoms with Gasteiger partial charge >= 0.3 is 0 Å². The van der Waals surface area contributed by atoms with E-state index in [1.54, 1.807) is 24.4 Å². The Morgan fingerprint density at radius 1 is 1.00 bits per heavy atom. The van der Waals surface area contributed by atoms with Crippen LogP contribution < -0.4 is 10.6 Å². The summed E-state index contributed by atoms with van der Waals surface area (Å²) in [6.07, 6.45) is 1.64. The van der Waals surface area contributed by atoms with Crippen LogP contribution in [0.2, 0.25) is 0 Å². The Hall–Kier alpha value is -2.47. The van der Waals surface area contributed by atoms with Crippen LogP contribution in [0.4, 0.5) is 27.5 Å². The summed E-state index contributed by atoms with van der Waals surface area (Å²) in [6.45, 7) is 2.02. The highest BCUT2D eigenvalue weighted by Gasteiger charge is 2.03. The number of nitrogens with zero attached hydrogens (tertiary/aromatic N) is 2. The Morgan fingerprint density at radius 2 is 1.83 bits per heavy atom. The van der Waals surface area contributed by atoms with Gasteiger partial charge in [0.05, 0.1) is 0 Å². The van der Waals surface area contributed by atoms with E-state index >= 15 is 0 Å². The third kappa shape index (κ3) is 4.04. The minimum Gasteiger partial charge on any atom is -0.340 e. The second-order valence-corrected chi connectivity index (χ2v) is 5.84. The minimum absolute atomic E-state index is 0.311. The zero-order chi connectivity index (χ0) is 16.2. The number of nitrogens with one attached hydrogen (secondary N) is 2. The van der Waals surface area contributed by atoms with Gasteiger partial charge in [0.25, 0.3) is 0 Å². The largest absolute Gasteiger partial charge is 0.340 e. The average Bonchev–Trinajstić information content (AvgIpc) is 2.51. The summed E-state index contributed by atoms with van der Waals surface area (Å²) < 4.78 is 14.3. The fourth-order valence-electron chi connectivity index (χ4n) is 2.05. The van der Waals surface area contributed by atoms with Crippen molar-refractivity contribution in [2.45, 2.75) is 6.92 Å². The predicted octanol–water partition coefficient (Wildman–Crippen LogP) is 5.17. The lowest BCUT2D eigenvalue weighted by molar-refractivity contribution is 0.628. The van der Waals surface area contributed by atoms with Crippen LogP contribution in [0.5, 0.6) is 0 Å². The van der Waals surface area contributed by atoms with E-state index in [4.69, 9.17) is 0 Å². The summed E-state index contributed by atoms with van der Waals surface area (Å²) in [5, 5.41) is 6.21. The number of rotatable bonds is 4. The second kappa shape index (κ2) is 6.75. The molecule has 6 heteroatoms. The molecule has 0 fully saturated rings. The van der Waals surface area contributed by atoms with Crippen LogP contribution in [0.1, 0.15) is 5.56 Å². The van der Waals surface area contributed by atoms with E-state index in [0.29, 0.717) is 17.5 Å². The van der Waals surface area contributed by atoms with Gasteiger partial charge < -0.3 is 10.6 Å². The first-order chi connectivity index (χ1) is 11.1. The molecule has 0 aliphatic heterocycles. The molecule has 116 valence electrons. The average molecular weight is 373 g/mol. The molecule has 0 unspecified atom stereocenters. The Kier molecular flexibility index (Phi) is 4.52. The number of aromatic nitrogens is 2. The van der Waals surface area contributed by atoms with Crippen molar-refractivity contribution in [1.82, 2.24) is 9.97 Å². The normalized spacial score (nSPS) is 10.4. The number of hydrogen-bond acceptors (Lipinski definition) is 4. The standard InChI is InChI=1S/C17H14BrFN4/c1-11-9-14(5-6-15(11)18)21-16-7-8-20-17(23-16)22-13-4-2-3-12(19)10-13/h2-10H,1H3,(H2,20,21,22,23). The molecule has 23 heavy (non-hydrogen) atoms. The maximum Gasteiger partial charge on any atom is 0.229 e. The van der Waals surface area contributed by atoms with E-state index in [-0.39, 0.29) is 5.82 Å². The van der Waals surface area contributed by atoms with Crippen LogP contribution in [-0.4, -0.2) is 9.97 Å². The Balaban J connectivity index is 1.78. The van der Waals surface area contributed by atoms with Gasteiger partial charge in [0.1, 0.15) is 11.6 Å². The molecule has 0 bridgehead atoms. The molecule has 3 aromatic rings. The maximum atomic E-state index is 13.2. The molecule has 0 aliphatic rings. The third-order valence-electron chi connectivity index (χ3n) is 3.17. The number of anilines is 4. The molecule has 2 N–H and O–H groups in total. The molecule has 2 aromatic carbocycles. The Morgan fingerprint density at radius 3 is 2.61 bits per heavy atom. The van der Waals surface area contributed by atoms with Gasteiger partial charge in [0.15, 0.2) is 0 Å². The van der Waals surface area contributed by atoms with E-state index in [9.17, 15) is 4.39 Å². The summed E-state index contributed by atoms with van der Waals surface area (Å²) >= 11 is 3.48. The molecule has 4 nitrogen and oxygen atoms in total. The lowest BCUT2D eigenvalue weighted by Crippen LogP contribution is -2.00. The van der Waals surface area contributed by atoms with Gasteiger partial charge in [-0.15, -0.1) is 0 Å². The number of halogens is 2. The molecule has 0 spiro atoms. The van der Waals surface area contributed by atoms with E-state index in [0.717, 1.165) is 15.7 Å². The van der Waals surface area contributed by atoms with Gasteiger partial charge in [-0.2, -0.15) is 4.98 Å². The third-order valence-corrected chi connectivity index (χ3v) is 4.06. The van der Waals surface area contributed by atoms with E-state index in [1.807, 2.05) is 25.1 Å². The van der Waals surface area contributed by atoms with Crippen LogP contribution in [-0.2, 0) is 0 Å². The van der Waals surface area contributed by atoms with Crippen molar-refractivity contribution in [2.75, 3.05) is 10.6 Å². The zero-order valence-electron chi connectivity index (χ0n) is 12.3. The molecule has 0 saturated carbocycles. The van der Waals surface area contributed by atoms with Crippen LogP contribution >= 0.6 is 15.9 Å². The number of benzene rings is 2. The van der Waals surface area contributed by atoms with Crippen molar-refractivity contribution in [3.8, 4) is 0 Å². The van der Waals surface area contributed by atoms with Crippen LogP contribution in [0.25, 0.3) is 0 Å². The first kappa shape index (κ1) is 15.4. The van der Waals surface area contributed by atoms with E-state index < -0.39 is 0 Å². The van der Waals surface area contributed by atoms with Gasteiger partial charge in [-0.1, -0.05) is 22.0 Å². The molecule has 1 heterocycles. The van der Waals surface area contributed by atoms with Crippen molar-refractivity contribution in [3.63, 3.8) is 0 Å². The zero-order valence-corrected chi connectivity index (χ0v) is 13.9. The fraction of sp³-hybridized carbons (Fsp3) is 0.0588. The molecular weight excluding hydrogens is 359 g/mol. The van der Waals surface area contributed by atoms with Gasteiger partial charge in [-0.05, 0) is 55.0 Å². The molecule has 3 rings (SSSR count). The van der Waals surface area contributed by atoms with Crippen LogP contribution in [0, 0.1) is 12.7 Å². The quantitative estimate of drug-likeness (QED) is 0.662. The number of hydrogen-bond donors (Lipinski definition) is 2. The van der Waals surface area contributed by atoms with Gasteiger partial charge in [-0.3, -0.25) is 0 Å². The summed E-state index contributed by atoms with van der Waals surface area (Å²) in [6, 6.07) is 13.9. The smallest absolute Gasteiger partial charge is 0.229 e. The number of aryl methyl sites for hydroxylation is 1. The summed E-state index contributed by atoms with van der Waals surface area (Å²) in [5.74, 6) is 0.740. The summed E-state index contributed by atoms with van der Waals surface area (Å²) in [7, 11) is 0. The van der Waals surface area contributed by atoms with E-state index in [2.05, 4.69) is 36.5 Å². The fourth-order valence-corrected chi connectivity index (χ4v) is 2.30. The molecule has 0 amide bonds. The highest BCUT2D eigenvalue weighted by molar-refractivity contribution is 9.10. The Labute approximate surface area is 141 Å². The van der Waals surface area contributed by atoms with Gasteiger partial charge in [0, 0.05) is 22.0 Å². The van der Waals surface area contributed by atoms with Gasteiger partial charge in [-0.25, -0.2) is 9.37 Å². The lowest BCUT2D eigenvalue weighted by atomic mass is 10.2. The Bertz CT molecular complexity index is 838. The molecule has 0 atom stereocenters. The van der Waals surface area contributed by atoms with Crippen LogP contribution in [0.3, 0.4) is 0 Å². The van der Waals surface area contributed by atoms with Crippen molar-refractivity contribution < 1.29 is 4.39 Å². The molecule has 0 saturated heterocycles. The first-order valence-electron chi connectivity index (χ1n) is 6.99. The molecule has 1 aromatic heterocycles. The predicted molar refractivity (Wildman–Crippen MR) is 93.9 cm³/mol. The monoisotopic (exact) mass is 372 g/mol.